The number of hydrogen-bond donors (Lipinski definition) is 0. The van der Waals surface area contributed by atoms with Crippen LogP contribution >= 0.6 is 31.9 Å². The molecule has 0 saturated carbocycles. The summed E-state index contributed by atoms with van der Waals surface area (Å²) in [6.07, 6.45) is 8.38. The Balaban J connectivity index is 2.12. The molecule has 0 aromatic carbocycles. The third kappa shape index (κ3) is 2.06. The molecule has 88 valence electrons. The van der Waals surface area contributed by atoms with E-state index in [4.69, 9.17) is 0 Å². The molecule has 2 aromatic heterocycles. The Kier molecular flexibility index (Phi) is 3.04. The van der Waals surface area contributed by atoms with Gasteiger partial charge in [0, 0.05) is 16.4 Å². The Labute approximate surface area is 117 Å². The van der Waals surface area contributed by atoms with Gasteiger partial charge in [-0.1, -0.05) is 0 Å². The number of halogens is 2. The molecule has 5 heteroatoms. The zero-order valence-corrected chi connectivity index (χ0v) is 12.3. The monoisotopic (exact) mass is 355 g/mol. The molecule has 3 nitrogen and oxygen atoms in total. The van der Waals surface area contributed by atoms with E-state index in [9.17, 15) is 0 Å². The van der Waals surface area contributed by atoms with E-state index in [0.717, 1.165) is 27.6 Å². The summed E-state index contributed by atoms with van der Waals surface area (Å²) in [6, 6.07) is 2.01. The smallest absolute Gasteiger partial charge is 0.152 e. The first-order chi connectivity index (χ1) is 8.25. The van der Waals surface area contributed by atoms with Gasteiger partial charge in [-0.25, -0.2) is 9.97 Å². The minimum Gasteiger partial charge on any atom is -0.286 e. The van der Waals surface area contributed by atoms with Gasteiger partial charge >= 0.3 is 0 Å². The van der Waals surface area contributed by atoms with Crippen molar-refractivity contribution < 1.29 is 0 Å². The molecule has 0 atom stereocenters. The van der Waals surface area contributed by atoms with Crippen LogP contribution < -0.4 is 0 Å². The van der Waals surface area contributed by atoms with Crippen LogP contribution in [0.3, 0.4) is 0 Å². The second-order valence-corrected chi connectivity index (χ2v) is 5.94. The molecule has 0 saturated heterocycles. The van der Waals surface area contributed by atoms with Crippen molar-refractivity contribution in [3.63, 3.8) is 0 Å². The van der Waals surface area contributed by atoms with Crippen LogP contribution in [0.4, 0.5) is 0 Å². The summed E-state index contributed by atoms with van der Waals surface area (Å²) in [4.78, 5) is 8.94. The Morgan fingerprint density at radius 2 is 1.94 bits per heavy atom. The molecule has 0 fully saturated rings. The Morgan fingerprint density at radius 3 is 2.76 bits per heavy atom. The average molecular weight is 357 g/mol. The molecule has 0 radical (unpaired) electrons. The van der Waals surface area contributed by atoms with Crippen LogP contribution in [-0.4, -0.2) is 14.5 Å². The Morgan fingerprint density at radius 1 is 1.12 bits per heavy atom. The number of fused-ring (bicyclic) bond motifs is 1. The maximum atomic E-state index is 4.49. The molecule has 0 unspecified atom stereocenters. The summed E-state index contributed by atoms with van der Waals surface area (Å²) < 4.78 is 4.06. The third-order valence-electron chi connectivity index (χ3n) is 3.05. The minimum atomic E-state index is 0.920. The molecule has 1 aliphatic carbocycles. The van der Waals surface area contributed by atoms with E-state index in [1.165, 1.54) is 24.2 Å². The van der Waals surface area contributed by atoms with Gasteiger partial charge in [0.2, 0.25) is 0 Å². The standard InChI is InChI=1S/C12H11Br2N3/c13-8-5-9(14)12(15-6-8)17-7-16-10-3-1-2-4-11(10)17/h5-7H,1-4H2. The molecule has 1 aliphatic rings. The van der Waals surface area contributed by atoms with Gasteiger partial charge in [0.25, 0.3) is 0 Å². The van der Waals surface area contributed by atoms with Crippen molar-refractivity contribution in [1.82, 2.24) is 14.5 Å². The van der Waals surface area contributed by atoms with Gasteiger partial charge in [-0.3, -0.25) is 4.57 Å². The van der Waals surface area contributed by atoms with Crippen LogP contribution in [0, 0.1) is 0 Å². The molecule has 0 N–H and O–H groups in total. The lowest BCUT2D eigenvalue weighted by Crippen LogP contribution is -2.08. The normalized spacial score (nSPS) is 14.7. The molecule has 2 heterocycles. The number of pyridine rings is 1. The van der Waals surface area contributed by atoms with Crippen molar-refractivity contribution in [2.24, 2.45) is 0 Å². The fraction of sp³-hybridized carbons (Fsp3) is 0.333. The van der Waals surface area contributed by atoms with E-state index >= 15 is 0 Å². The highest BCUT2D eigenvalue weighted by Crippen LogP contribution is 2.27. The lowest BCUT2D eigenvalue weighted by Gasteiger charge is -2.14. The number of aryl methyl sites for hydroxylation is 1. The van der Waals surface area contributed by atoms with Crippen molar-refractivity contribution in [1.29, 1.82) is 0 Å². The number of rotatable bonds is 1. The van der Waals surface area contributed by atoms with Gasteiger partial charge in [-0.05, 0) is 63.6 Å². The lowest BCUT2D eigenvalue weighted by atomic mass is 10.0. The van der Waals surface area contributed by atoms with E-state index in [0.29, 0.717) is 0 Å². The van der Waals surface area contributed by atoms with Crippen molar-refractivity contribution in [3.05, 3.63) is 38.9 Å². The van der Waals surface area contributed by atoms with E-state index < -0.39 is 0 Å². The highest BCUT2D eigenvalue weighted by molar-refractivity contribution is 9.11. The first kappa shape index (κ1) is 11.4. The van der Waals surface area contributed by atoms with Gasteiger partial charge in [-0.2, -0.15) is 0 Å². The van der Waals surface area contributed by atoms with E-state index in [1.54, 1.807) is 0 Å². The van der Waals surface area contributed by atoms with E-state index in [1.807, 2.05) is 18.6 Å². The quantitative estimate of drug-likeness (QED) is 0.780. The Hall–Kier alpha value is -0.680. The highest BCUT2D eigenvalue weighted by atomic mass is 79.9. The lowest BCUT2D eigenvalue weighted by molar-refractivity contribution is 0.654. The highest BCUT2D eigenvalue weighted by Gasteiger charge is 2.17. The van der Waals surface area contributed by atoms with Gasteiger partial charge in [0.1, 0.15) is 6.33 Å². The van der Waals surface area contributed by atoms with E-state index in [-0.39, 0.29) is 0 Å². The summed E-state index contributed by atoms with van der Waals surface area (Å²) in [5.74, 6) is 0.920. The van der Waals surface area contributed by atoms with Crippen molar-refractivity contribution in [3.8, 4) is 5.82 Å². The number of aromatic nitrogens is 3. The summed E-state index contributed by atoms with van der Waals surface area (Å²) in [5.41, 5.74) is 2.54. The third-order valence-corrected chi connectivity index (χ3v) is 4.06. The molecule has 3 rings (SSSR count). The van der Waals surface area contributed by atoms with Crippen LogP contribution in [0.5, 0.6) is 0 Å². The number of imidazole rings is 1. The number of hydrogen-bond acceptors (Lipinski definition) is 2. The van der Waals surface area contributed by atoms with Crippen molar-refractivity contribution >= 4 is 31.9 Å². The topological polar surface area (TPSA) is 30.7 Å². The van der Waals surface area contributed by atoms with Crippen molar-refractivity contribution in [2.75, 3.05) is 0 Å². The second kappa shape index (κ2) is 4.53. The fourth-order valence-electron chi connectivity index (χ4n) is 2.24. The van der Waals surface area contributed by atoms with Gasteiger partial charge in [0.15, 0.2) is 5.82 Å². The maximum absolute atomic E-state index is 4.49. The summed E-state index contributed by atoms with van der Waals surface area (Å²) in [5, 5.41) is 0. The molecule has 0 bridgehead atoms. The van der Waals surface area contributed by atoms with Crippen LogP contribution in [0.15, 0.2) is 27.5 Å². The van der Waals surface area contributed by atoms with Crippen LogP contribution in [0.2, 0.25) is 0 Å². The summed E-state index contributed by atoms with van der Waals surface area (Å²) in [7, 11) is 0. The predicted molar refractivity (Wildman–Crippen MR) is 73.4 cm³/mol. The first-order valence-corrected chi connectivity index (χ1v) is 7.21. The van der Waals surface area contributed by atoms with Gasteiger partial charge in [0.05, 0.1) is 10.2 Å². The molecular weight excluding hydrogens is 346 g/mol. The molecule has 2 aromatic rings. The largest absolute Gasteiger partial charge is 0.286 e. The summed E-state index contributed by atoms with van der Waals surface area (Å²) >= 11 is 6.97. The van der Waals surface area contributed by atoms with Crippen LogP contribution in [0.1, 0.15) is 24.2 Å². The molecule has 0 amide bonds. The predicted octanol–water partition coefficient (Wildman–Crippen LogP) is 3.67. The molecular formula is C12H11Br2N3. The average Bonchev–Trinajstić information content (AvgIpc) is 2.73. The van der Waals surface area contributed by atoms with E-state index in [2.05, 4.69) is 46.4 Å². The molecule has 0 aliphatic heterocycles. The van der Waals surface area contributed by atoms with Gasteiger partial charge in [-0.15, -0.1) is 0 Å². The van der Waals surface area contributed by atoms with Gasteiger partial charge < -0.3 is 0 Å². The summed E-state index contributed by atoms with van der Waals surface area (Å²) in [6.45, 7) is 0. The minimum absolute atomic E-state index is 0.920. The van der Waals surface area contributed by atoms with Crippen molar-refractivity contribution in [2.45, 2.75) is 25.7 Å². The maximum Gasteiger partial charge on any atom is 0.152 e. The molecule has 0 spiro atoms. The van der Waals surface area contributed by atoms with Crippen LogP contribution in [0.25, 0.3) is 5.82 Å². The number of nitrogens with zero attached hydrogens (tertiary/aromatic N) is 3. The zero-order chi connectivity index (χ0) is 11.8. The second-order valence-electron chi connectivity index (χ2n) is 4.17. The fourth-order valence-corrected chi connectivity index (χ4v) is 3.41. The van der Waals surface area contributed by atoms with Crippen LogP contribution in [-0.2, 0) is 12.8 Å². The molecule has 17 heavy (non-hydrogen) atoms. The first-order valence-electron chi connectivity index (χ1n) is 5.62. The Bertz CT molecular complexity index is 563. The SMILES string of the molecule is Brc1cnc(-n2cnc3c2CCCC3)c(Br)c1. The zero-order valence-electron chi connectivity index (χ0n) is 9.16.